The van der Waals surface area contributed by atoms with Crippen molar-refractivity contribution in [1.29, 1.82) is 0 Å². The number of carbonyl (C=O) groups is 1. The maximum atomic E-state index is 13.3. The number of benzene rings is 1. The zero-order valence-electron chi connectivity index (χ0n) is 18.4. The van der Waals surface area contributed by atoms with Crippen LogP contribution in [0.2, 0.25) is 0 Å². The number of fused-ring (bicyclic) bond motifs is 2. The van der Waals surface area contributed by atoms with E-state index in [1.807, 2.05) is 0 Å². The molecule has 5 rings (SSSR count). The van der Waals surface area contributed by atoms with Crippen molar-refractivity contribution in [2.45, 2.75) is 51.9 Å². The Kier molecular flexibility index (Phi) is 5.05. The Morgan fingerprint density at radius 2 is 1.84 bits per heavy atom. The maximum Gasteiger partial charge on any atom is 0.230 e. The summed E-state index contributed by atoms with van der Waals surface area (Å²) in [5.74, 6) is 0.850. The Labute approximate surface area is 187 Å². The lowest BCUT2D eigenvalue weighted by atomic mass is 9.70. The summed E-state index contributed by atoms with van der Waals surface area (Å²) in [6, 6.07) is 5.88. The molecule has 172 valence electrons. The van der Waals surface area contributed by atoms with Crippen molar-refractivity contribution in [3.05, 3.63) is 36.0 Å². The third-order valence-corrected chi connectivity index (χ3v) is 10.3. The highest BCUT2D eigenvalue weighted by molar-refractivity contribution is 7.89. The van der Waals surface area contributed by atoms with Gasteiger partial charge in [0.25, 0.3) is 0 Å². The number of halogens is 1. The minimum Gasteiger partial charge on any atom is -0.339 e. The fraction of sp³-hybridized carbons (Fsp3) is 0.609. The first-order valence-electron chi connectivity index (χ1n) is 11.2. The smallest absolute Gasteiger partial charge is 0.230 e. The second kappa shape index (κ2) is 7.45. The second-order valence-corrected chi connectivity index (χ2v) is 12.0. The van der Waals surface area contributed by atoms with Crippen molar-refractivity contribution in [1.82, 2.24) is 14.4 Å². The fourth-order valence-electron chi connectivity index (χ4n) is 6.01. The van der Waals surface area contributed by atoms with Crippen molar-refractivity contribution in [3.8, 4) is 11.4 Å². The van der Waals surface area contributed by atoms with Crippen LogP contribution in [0, 0.1) is 22.6 Å². The largest absolute Gasteiger partial charge is 0.339 e. The summed E-state index contributed by atoms with van der Waals surface area (Å²) in [5, 5.41) is 4.00. The number of sulfonamides is 1. The molecule has 0 radical (unpaired) electrons. The van der Waals surface area contributed by atoms with E-state index in [2.05, 4.69) is 24.0 Å². The summed E-state index contributed by atoms with van der Waals surface area (Å²) in [7, 11) is -3.55. The van der Waals surface area contributed by atoms with Crippen LogP contribution in [0.4, 0.5) is 4.39 Å². The van der Waals surface area contributed by atoms with E-state index in [1.54, 1.807) is 12.1 Å². The van der Waals surface area contributed by atoms with Crippen LogP contribution in [0.25, 0.3) is 11.4 Å². The molecular weight excluding hydrogens is 433 g/mol. The summed E-state index contributed by atoms with van der Waals surface area (Å²) >= 11 is 0. The van der Waals surface area contributed by atoms with E-state index < -0.39 is 15.4 Å². The van der Waals surface area contributed by atoms with Crippen LogP contribution in [0.3, 0.4) is 0 Å². The molecule has 3 aliphatic rings. The summed E-state index contributed by atoms with van der Waals surface area (Å²) < 4.78 is 46.7. The maximum absolute atomic E-state index is 13.3. The molecule has 1 aromatic heterocycles. The van der Waals surface area contributed by atoms with E-state index in [-0.39, 0.29) is 28.7 Å². The minimum absolute atomic E-state index is 0.0262. The Morgan fingerprint density at radius 1 is 1.16 bits per heavy atom. The SMILES string of the molecule is CC1(C)[C@@H]2CC[C@@]1(CS(=O)(=O)N1CCC(c3nc(-c4ccc(F)cc4)no3)CC1)C(=O)C2. The van der Waals surface area contributed by atoms with Crippen LogP contribution in [-0.2, 0) is 14.8 Å². The van der Waals surface area contributed by atoms with Gasteiger partial charge in [-0.15, -0.1) is 0 Å². The summed E-state index contributed by atoms with van der Waals surface area (Å²) in [6.07, 6.45) is 3.28. The van der Waals surface area contributed by atoms with Gasteiger partial charge < -0.3 is 4.52 Å². The highest BCUT2D eigenvalue weighted by atomic mass is 32.2. The highest BCUT2D eigenvalue weighted by Gasteiger charge is 2.65. The molecule has 1 aliphatic heterocycles. The van der Waals surface area contributed by atoms with Gasteiger partial charge in [0.15, 0.2) is 0 Å². The molecular formula is C23H28FN3O4S. The summed E-state index contributed by atoms with van der Waals surface area (Å²) in [6.45, 7) is 4.86. The van der Waals surface area contributed by atoms with Gasteiger partial charge in [0.2, 0.25) is 21.7 Å². The molecule has 0 N–H and O–H groups in total. The number of carbonyl (C=O) groups excluding carboxylic acids is 1. The van der Waals surface area contributed by atoms with Gasteiger partial charge in [-0.25, -0.2) is 17.1 Å². The monoisotopic (exact) mass is 461 g/mol. The standard InChI is InChI=1S/C23H28FN3O4S/c1-22(2)17-7-10-23(22,19(28)13-17)14-32(29,30)27-11-8-16(9-12-27)21-25-20(26-31-21)15-3-5-18(24)6-4-15/h3-6,16-17H,7-14H2,1-2H3/t17-,23-/m1/s1. The lowest BCUT2D eigenvalue weighted by Gasteiger charge is -2.38. The molecule has 0 spiro atoms. The first-order chi connectivity index (χ1) is 15.1. The predicted molar refractivity (Wildman–Crippen MR) is 116 cm³/mol. The molecule has 2 bridgehead atoms. The molecule has 1 saturated heterocycles. The molecule has 2 heterocycles. The molecule has 7 nitrogen and oxygen atoms in total. The van der Waals surface area contributed by atoms with E-state index in [1.165, 1.54) is 16.4 Å². The molecule has 2 saturated carbocycles. The normalized spacial score (nSPS) is 28.5. The molecule has 2 aromatic rings. The van der Waals surface area contributed by atoms with Gasteiger partial charge in [-0.3, -0.25) is 4.79 Å². The van der Waals surface area contributed by atoms with Gasteiger partial charge in [-0.1, -0.05) is 19.0 Å². The van der Waals surface area contributed by atoms with E-state index in [4.69, 9.17) is 4.52 Å². The number of ketones is 1. The van der Waals surface area contributed by atoms with E-state index >= 15 is 0 Å². The van der Waals surface area contributed by atoms with Gasteiger partial charge >= 0.3 is 0 Å². The van der Waals surface area contributed by atoms with Crippen LogP contribution >= 0.6 is 0 Å². The zero-order chi connectivity index (χ0) is 22.7. The number of Topliss-reactive ketones (excluding diaryl/α,β-unsaturated/α-hetero) is 1. The van der Waals surface area contributed by atoms with E-state index in [0.717, 1.165) is 6.42 Å². The van der Waals surface area contributed by atoms with Crippen molar-refractivity contribution >= 4 is 15.8 Å². The van der Waals surface area contributed by atoms with E-state index in [9.17, 15) is 17.6 Å². The van der Waals surface area contributed by atoms with Gasteiger partial charge in [0, 0.05) is 36.4 Å². The Balaban J connectivity index is 1.26. The third-order valence-electron chi connectivity index (χ3n) is 8.31. The number of nitrogens with zero attached hydrogens (tertiary/aromatic N) is 3. The van der Waals surface area contributed by atoms with Gasteiger partial charge in [0.1, 0.15) is 11.6 Å². The van der Waals surface area contributed by atoms with Crippen molar-refractivity contribution in [2.75, 3.05) is 18.8 Å². The molecule has 2 atom stereocenters. The summed E-state index contributed by atoms with van der Waals surface area (Å²) in [4.78, 5) is 17.2. The Morgan fingerprint density at radius 3 is 2.44 bits per heavy atom. The topological polar surface area (TPSA) is 93.4 Å². The first kappa shape index (κ1) is 21.7. The van der Waals surface area contributed by atoms with Gasteiger partial charge in [0.05, 0.1) is 5.75 Å². The predicted octanol–water partition coefficient (Wildman–Crippen LogP) is 3.78. The van der Waals surface area contributed by atoms with Crippen molar-refractivity contribution in [2.24, 2.45) is 16.7 Å². The molecule has 3 fully saturated rings. The van der Waals surface area contributed by atoms with Crippen LogP contribution in [0.1, 0.15) is 57.8 Å². The van der Waals surface area contributed by atoms with Crippen molar-refractivity contribution < 1.29 is 22.1 Å². The molecule has 32 heavy (non-hydrogen) atoms. The van der Waals surface area contributed by atoms with Crippen LogP contribution in [-0.4, -0.2) is 47.5 Å². The van der Waals surface area contributed by atoms with Crippen LogP contribution < -0.4 is 0 Å². The average molecular weight is 462 g/mol. The van der Waals surface area contributed by atoms with Crippen molar-refractivity contribution in [3.63, 3.8) is 0 Å². The lowest BCUT2D eigenvalue weighted by molar-refractivity contribution is -0.128. The molecule has 1 aromatic carbocycles. The zero-order valence-corrected chi connectivity index (χ0v) is 19.2. The number of hydrogen-bond donors (Lipinski definition) is 0. The number of rotatable bonds is 5. The van der Waals surface area contributed by atoms with Crippen LogP contribution in [0.15, 0.2) is 28.8 Å². The number of piperidine rings is 1. The quantitative estimate of drug-likeness (QED) is 0.673. The minimum atomic E-state index is -3.55. The van der Waals surface area contributed by atoms with Crippen LogP contribution in [0.5, 0.6) is 0 Å². The third kappa shape index (κ3) is 3.32. The first-order valence-corrected chi connectivity index (χ1v) is 12.8. The van der Waals surface area contributed by atoms with Gasteiger partial charge in [-0.05, 0) is 61.3 Å². The molecule has 0 unspecified atom stereocenters. The number of hydrogen-bond acceptors (Lipinski definition) is 6. The Hall–Kier alpha value is -2.13. The molecule has 0 amide bonds. The lowest BCUT2D eigenvalue weighted by Crippen LogP contribution is -2.48. The molecule has 9 heteroatoms. The Bertz CT molecular complexity index is 1140. The van der Waals surface area contributed by atoms with Gasteiger partial charge in [-0.2, -0.15) is 4.98 Å². The number of aromatic nitrogens is 2. The fourth-order valence-corrected chi connectivity index (χ4v) is 8.26. The average Bonchev–Trinajstić information content (AvgIpc) is 3.38. The molecule has 2 aliphatic carbocycles. The highest BCUT2D eigenvalue weighted by Crippen LogP contribution is 2.64. The second-order valence-electron chi connectivity index (χ2n) is 10.1. The van der Waals surface area contributed by atoms with E-state index in [0.29, 0.717) is 62.0 Å². The summed E-state index contributed by atoms with van der Waals surface area (Å²) in [5.41, 5.74) is -0.348.